The number of rotatable bonds is 14. The van der Waals surface area contributed by atoms with E-state index in [1.165, 1.54) is 0 Å². The number of halogens is 1. The van der Waals surface area contributed by atoms with Crippen LogP contribution < -0.4 is 14.8 Å². The van der Waals surface area contributed by atoms with Gasteiger partial charge in [0, 0.05) is 11.6 Å². The van der Waals surface area contributed by atoms with Crippen LogP contribution in [0.25, 0.3) is 11.1 Å². The molecule has 0 radical (unpaired) electrons. The Morgan fingerprint density at radius 1 is 1.00 bits per heavy atom. The van der Waals surface area contributed by atoms with Crippen molar-refractivity contribution in [2.24, 2.45) is 0 Å². The molecule has 10 nitrogen and oxygen atoms in total. The largest absolute Gasteiger partial charge is 0.490 e. The molecule has 0 unspecified atom stereocenters. The minimum absolute atomic E-state index is 0.0308. The van der Waals surface area contributed by atoms with Crippen molar-refractivity contribution in [1.29, 1.82) is 5.26 Å². The van der Waals surface area contributed by atoms with Crippen molar-refractivity contribution in [3.63, 3.8) is 0 Å². The first-order valence-corrected chi connectivity index (χ1v) is 22.2. The average molecular weight is 754 g/mol. The van der Waals surface area contributed by atoms with E-state index in [4.69, 9.17) is 30.8 Å². The summed E-state index contributed by atoms with van der Waals surface area (Å²) in [7, 11) is -6.28. The van der Waals surface area contributed by atoms with Crippen LogP contribution in [0.3, 0.4) is 0 Å². The van der Waals surface area contributed by atoms with Crippen molar-refractivity contribution in [2.45, 2.75) is 89.6 Å². The van der Waals surface area contributed by atoms with Crippen LogP contribution in [0.1, 0.15) is 80.5 Å². The standard InChI is InChI=1S/C38H48ClN3O7SSi/c1-38(2,3)51(4,5)49-35(30-10-9-11-31(39)24-30)26-47-37(44)41-22-20-27-14-16-28(17-15-27)29-18-19-33(36(43)42-50(45,46)23-21-40)34(25-29)48-32-12-7-6-8-13-32/h9-11,14-19,24-25,32,35H,6-8,12-13,20,22-23,26H2,1-5H3,(H,41,44)(H,42,43)/t35-/m0/s1. The van der Waals surface area contributed by atoms with E-state index >= 15 is 0 Å². The zero-order chi connectivity index (χ0) is 37.2. The summed E-state index contributed by atoms with van der Waals surface area (Å²) in [5, 5.41) is 12.2. The van der Waals surface area contributed by atoms with Gasteiger partial charge in [-0.15, -0.1) is 0 Å². The van der Waals surface area contributed by atoms with Crippen molar-refractivity contribution in [3.05, 3.63) is 88.4 Å². The molecule has 0 bridgehead atoms. The monoisotopic (exact) mass is 753 g/mol. The van der Waals surface area contributed by atoms with Gasteiger partial charge in [0.2, 0.25) is 10.0 Å². The topological polar surface area (TPSA) is 144 Å². The molecule has 0 aromatic heterocycles. The number of nitriles is 1. The molecular weight excluding hydrogens is 706 g/mol. The van der Waals surface area contributed by atoms with E-state index in [0.29, 0.717) is 23.7 Å². The molecule has 1 fully saturated rings. The Kier molecular flexibility index (Phi) is 13.7. The number of ether oxygens (including phenoxy) is 2. The first kappa shape index (κ1) is 39.9. The van der Waals surface area contributed by atoms with Crippen molar-refractivity contribution >= 4 is 41.9 Å². The summed E-state index contributed by atoms with van der Waals surface area (Å²) >= 11 is 6.26. The highest BCUT2D eigenvalue weighted by Crippen LogP contribution is 2.40. The second-order valence-electron chi connectivity index (χ2n) is 14.3. The zero-order valence-corrected chi connectivity index (χ0v) is 32.5. The second-order valence-corrected chi connectivity index (χ2v) is 21.2. The first-order chi connectivity index (χ1) is 24.1. The van der Waals surface area contributed by atoms with Gasteiger partial charge in [0.05, 0.1) is 17.7 Å². The number of nitrogens with one attached hydrogen (secondary N) is 2. The molecule has 3 aromatic rings. The molecule has 51 heavy (non-hydrogen) atoms. The molecule has 1 saturated carbocycles. The fraction of sp³-hybridized carbons (Fsp3) is 0.447. The van der Waals surface area contributed by atoms with Gasteiger partial charge in [-0.3, -0.25) is 4.79 Å². The maximum Gasteiger partial charge on any atom is 0.407 e. The smallest absolute Gasteiger partial charge is 0.407 e. The molecule has 13 heteroatoms. The van der Waals surface area contributed by atoms with Gasteiger partial charge in [0.1, 0.15) is 18.5 Å². The van der Waals surface area contributed by atoms with Gasteiger partial charge < -0.3 is 19.2 Å². The quantitative estimate of drug-likeness (QED) is 0.156. The van der Waals surface area contributed by atoms with Crippen molar-refractivity contribution in [1.82, 2.24) is 10.0 Å². The highest BCUT2D eigenvalue weighted by molar-refractivity contribution is 7.90. The lowest BCUT2D eigenvalue weighted by molar-refractivity contribution is 0.0741. The molecule has 274 valence electrons. The molecule has 4 rings (SSSR count). The third kappa shape index (κ3) is 11.8. The van der Waals surface area contributed by atoms with E-state index in [2.05, 4.69) is 39.2 Å². The number of alkyl carbamates (subject to hydrolysis) is 1. The van der Waals surface area contributed by atoms with E-state index in [-0.39, 0.29) is 23.3 Å². The van der Waals surface area contributed by atoms with Gasteiger partial charge in [0.25, 0.3) is 5.91 Å². The molecule has 0 aliphatic heterocycles. The Bertz CT molecular complexity index is 1820. The van der Waals surface area contributed by atoms with Crippen LogP contribution >= 0.6 is 11.6 Å². The second kappa shape index (κ2) is 17.6. The molecule has 1 aliphatic carbocycles. The van der Waals surface area contributed by atoms with E-state index < -0.39 is 42.2 Å². The third-order valence-electron chi connectivity index (χ3n) is 9.37. The van der Waals surface area contributed by atoms with Crippen LogP contribution in [0.5, 0.6) is 5.75 Å². The lowest BCUT2D eigenvalue weighted by Gasteiger charge is -2.39. The number of nitrogens with zero attached hydrogens (tertiary/aromatic N) is 1. The third-order valence-corrected chi connectivity index (χ3v) is 15.1. The highest BCUT2D eigenvalue weighted by Gasteiger charge is 2.40. The summed E-state index contributed by atoms with van der Waals surface area (Å²) in [5.41, 5.74) is 3.60. The Morgan fingerprint density at radius 3 is 2.33 bits per heavy atom. The predicted octanol–water partition coefficient (Wildman–Crippen LogP) is 8.33. The van der Waals surface area contributed by atoms with E-state index in [0.717, 1.165) is 54.4 Å². The van der Waals surface area contributed by atoms with Crippen molar-refractivity contribution in [2.75, 3.05) is 18.9 Å². The minimum atomic E-state index is -4.10. The number of carbonyl (C=O) groups excluding carboxylic acids is 2. The molecule has 0 spiro atoms. The normalized spacial score (nSPS) is 14.6. The summed E-state index contributed by atoms with van der Waals surface area (Å²) in [4.78, 5) is 25.7. The van der Waals surface area contributed by atoms with Crippen LogP contribution in [0.2, 0.25) is 23.2 Å². The highest BCUT2D eigenvalue weighted by atomic mass is 35.5. The summed E-state index contributed by atoms with van der Waals surface area (Å²) in [6.07, 6.45) is 4.37. The molecule has 2 amide bonds. The molecule has 1 aliphatic rings. The Morgan fingerprint density at radius 2 is 1.69 bits per heavy atom. The van der Waals surface area contributed by atoms with E-state index in [9.17, 15) is 18.0 Å². The minimum Gasteiger partial charge on any atom is -0.490 e. The molecular formula is C38H48ClN3O7SSi. The summed E-state index contributed by atoms with van der Waals surface area (Å²) in [6.45, 7) is 11.2. The van der Waals surface area contributed by atoms with Crippen LogP contribution in [0, 0.1) is 11.3 Å². The molecule has 0 heterocycles. The van der Waals surface area contributed by atoms with Gasteiger partial charge in [-0.2, -0.15) is 5.26 Å². The number of hydrogen-bond donors (Lipinski definition) is 2. The fourth-order valence-electron chi connectivity index (χ4n) is 5.48. The zero-order valence-electron chi connectivity index (χ0n) is 30.0. The lowest BCUT2D eigenvalue weighted by atomic mass is 9.97. The summed E-state index contributed by atoms with van der Waals surface area (Å²) in [6, 6.07) is 21.8. The molecule has 1 atom stereocenters. The Labute approximate surface area is 308 Å². The number of benzene rings is 3. The summed E-state index contributed by atoms with van der Waals surface area (Å²) < 4.78 is 44.7. The van der Waals surface area contributed by atoms with Crippen LogP contribution in [-0.4, -0.2) is 53.7 Å². The summed E-state index contributed by atoms with van der Waals surface area (Å²) in [5.74, 6) is -1.37. The SMILES string of the molecule is CC(C)(C)[Si](C)(C)O[C@@H](COC(=O)NCCc1ccc(-c2ccc(C(=O)NS(=O)(=O)CC#N)c(OC3CCCCC3)c2)cc1)c1cccc(Cl)c1. The van der Waals surface area contributed by atoms with E-state index in [1.807, 2.05) is 47.2 Å². The van der Waals surface area contributed by atoms with Gasteiger partial charge in [-0.1, -0.05) is 81.3 Å². The molecule has 3 aromatic carbocycles. The fourth-order valence-corrected chi connectivity index (χ4v) is 7.58. The number of sulfonamides is 1. The van der Waals surface area contributed by atoms with E-state index in [1.54, 1.807) is 30.3 Å². The molecule has 0 saturated heterocycles. The number of amides is 2. The lowest BCUT2D eigenvalue weighted by Crippen LogP contribution is -2.43. The predicted molar refractivity (Wildman–Crippen MR) is 202 cm³/mol. The van der Waals surface area contributed by atoms with Gasteiger partial charge >= 0.3 is 6.09 Å². The molecule has 2 N–H and O–H groups in total. The van der Waals surface area contributed by atoms with Gasteiger partial charge in [-0.05, 0) is 96.8 Å². The van der Waals surface area contributed by atoms with Gasteiger partial charge in [-0.25, -0.2) is 17.9 Å². The number of hydrogen-bond acceptors (Lipinski definition) is 8. The van der Waals surface area contributed by atoms with Crippen molar-refractivity contribution in [3.8, 4) is 22.9 Å². The van der Waals surface area contributed by atoms with Crippen LogP contribution in [0.15, 0.2) is 66.7 Å². The van der Waals surface area contributed by atoms with Crippen molar-refractivity contribution < 1.29 is 31.9 Å². The van der Waals surface area contributed by atoms with Crippen LogP contribution in [-0.2, 0) is 25.6 Å². The Hall–Kier alpha value is -3.89. The average Bonchev–Trinajstić information content (AvgIpc) is 3.06. The number of carbonyl (C=O) groups is 2. The van der Waals surface area contributed by atoms with Crippen LogP contribution in [0.4, 0.5) is 4.79 Å². The Balaban J connectivity index is 1.38. The van der Waals surface area contributed by atoms with Gasteiger partial charge in [0.15, 0.2) is 14.1 Å². The maximum atomic E-state index is 13.0. The first-order valence-electron chi connectivity index (χ1n) is 17.2. The maximum absolute atomic E-state index is 13.0.